The number of para-hydroxylation sites is 2. The first-order valence-electron chi connectivity index (χ1n) is 10.3. The molecule has 30 heavy (non-hydrogen) atoms. The van der Waals surface area contributed by atoms with Crippen molar-refractivity contribution in [1.82, 2.24) is 0 Å². The fourth-order valence-electron chi connectivity index (χ4n) is 3.10. The Morgan fingerprint density at radius 1 is 0.733 bits per heavy atom. The lowest BCUT2D eigenvalue weighted by Crippen LogP contribution is -2.49. The molecule has 0 aromatic heterocycles. The predicted octanol–water partition coefficient (Wildman–Crippen LogP) is 5.58. The zero-order chi connectivity index (χ0) is 21.9. The molecule has 1 radical (unpaired) electrons. The summed E-state index contributed by atoms with van der Waals surface area (Å²) in [5, 5.41) is 10.3. The molecule has 1 N–H and O–H groups in total. The molecular formula is C26H31BNO2. The first-order valence-corrected chi connectivity index (χ1v) is 10.3. The van der Waals surface area contributed by atoms with Gasteiger partial charge in [0, 0.05) is 17.1 Å². The second-order valence-corrected chi connectivity index (χ2v) is 8.80. The Morgan fingerprint density at radius 3 is 1.63 bits per heavy atom. The van der Waals surface area contributed by atoms with Crippen molar-refractivity contribution in [2.75, 3.05) is 4.90 Å². The Hall–Kier alpha value is -2.56. The minimum Gasteiger partial charge on any atom is -0.427 e. The van der Waals surface area contributed by atoms with Crippen LogP contribution >= 0.6 is 0 Å². The average molecular weight is 400 g/mol. The van der Waals surface area contributed by atoms with Crippen molar-refractivity contribution in [1.29, 1.82) is 0 Å². The van der Waals surface area contributed by atoms with Crippen molar-refractivity contribution in [3.8, 4) is 0 Å². The second-order valence-electron chi connectivity index (χ2n) is 8.80. The van der Waals surface area contributed by atoms with E-state index in [2.05, 4.69) is 79.4 Å². The van der Waals surface area contributed by atoms with E-state index in [1.807, 2.05) is 26.0 Å². The van der Waals surface area contributed by atoms with Gasteiger partial charge in [-0.1, -0.05) is 54.0 Å². The van der Waals surface area contributed by atoms with E-state index < -0.39 is 11.2 Å². The zero-order valence-corrected chi connectivity index (χ0v) is 18.8. The van der Waals surface area contributed by atoms with Crippen molar-refractivity contribution in [3.05, 3.63) is 83.9 Å². The smallest absolute Gasteiger partial charge is 0.330 e. The van der Waals surface area contributed by atoms with Crippen LogP contribution in [-0.4, -0.2) is 23.8 Å². The van der Waals surface area contributed by atoms with E-state index in [1.54, 1.807) is 21.3 Å². The van der Waals surface area contributed by atoms with Crippen LogP contribution in [0.15, 0.2) is 72.8 Å². The van der Waals surface area contributed by atoms with Crippen LogP contribution in [0, 0.1) is 13.8 Å². The Labute approximate surface area is 181 Å². The number of aliphatic hydroxyl groups is 1. The number of hydrogen-bond acceptors (Lipinski definition) is 3. The van der Waals surface area contributed by atoms with Crippen molar-refractivity contribution >= 4 is 30.0 Å². The van der Waals surface area contributed by atoms with Gasteiger partial charge < -0.3 is 14.7 Å². The average Bonchev–Trinajstić information content (AvgIpc) is 2.69. The number of anilines is 3. The summed E-state index contributed by atoms with van der Waals surface area (Å²) in [5.41, 5.74) is 5.13. The monoisotopic (exact) mass is 400 g/mol. The Morgan fingerprint density at radius 2 is 1.20 bits per heavy atom. The molecular weight excluding hydrogens is 369 g/mol. The van der Waals surface area contributed by atoms with E-state index in [0.29, 0.717) is 0 Å². The van der Waals surface area contributed by atoms with E-state index >= 15 is 0 Å². The molecule has 0 amide bonds. The minimum absolute atomic E-state index is 0.694. The number of hydrogen-bond donors (Lipinski definition) is 1. The lowest BCUT2D eigenvalue weighted by atomic mass is 9.82. The van der Waals surface area contributed by atoms with Crippen LogP contribution in [0.1, 0.15) is 38.8 Å². The topological polar surface area (TPSA) is 32.7 Å². The van der Waals surface area contributed by atoms with Crippen LogP contribution in [0.5, 0.6) is 0 Å². The van der Waals surface area contributed by atoms with Gasteiger partial charge in [0.2, 0.25) is 0 Å². The number of benzene rings is 3. The first-order chi connectivity index (χ1) is 14.1. The van der Waals surface area contributed by atoms with Gasteiger partial charge in [0.1, 0.15) is 0 Å². The molecule has 0 aliphatic carbocycles. The first kappa shape index (κ1) is 22.1. The third kappa shape index (κ3) is 4.77. The highest BCUT2D eigenvalue weighted by Gasteiger charge is 2.35. The van der Waals surface area contributed by atoms with E-state index in [1.165, 1.54) is 11.1 Å². The molecule has 3 rings (SSSR count). The maximum Gasteiger partial charge on any atom is 0.330 e. The minimum atomic E-state index is -0.948. The van der Waals surface area contributed by atoms with Crippen LogP contribution in [0.25, 0.3) is 0 Å². The predicted molar refractivity (Wildman–Crippen MR) is 127 cm³/mol. The SMILES string of the molecule is Cc1ccccc1N(c1ccc([B]OC(C)(C)C(C)(C)O)cc1)c1ccccc1C. The molecule has 3 aromatic carbocycles. The molecule has 3 nitrogen and oxygen atoms in total. The molecule has 0 unspecified atom stereocenters. The van der Waals surface area contributed by atoms with E-state index in [0.717, 1.165) is 22.5 Å². The van der Waals surface area contributed by atoms with Gasteiger partial charge in [0.05, 0.1) is 11.2 Å². The van der Waals surface area contributed by atoms with Crippen molar-refractivity contribution in [2.45, 2.75) is 52.7 Å². The van der Waals surface area contributed by atoms with Gasteiger partial charge in [-0.05, 0) is 76.9 Å². The quantitative estimate of drug-likeness (QED) is 0.526. The van der Waals surface area contributed by atoms with Crippen LogP contribution < -0.4 is 10.4 Å². The molecule has 0 atom stereocenters. The highest BCUT2D eigenvalue weighted by molar-refractivity contribution is 6.47. The van der Waals surface area contributed by atoms with Crippen LogP contribution in [0.2, 0.25) is 0 Å². The lowest BCUT2D eigenvalue weighted by Gasteiger charge is -2.37. The summed E-state index contributed by atoms with van der Waals surface area (Å²) in [7, 11) is 1.72. The van der Waals surface area contributed by atoms with Crippen LogP contribution in [0.3, 0.4) is 0 Å². The Bertz CT molecular complexity index is 945. The summed E-state index contributed by atoms with van der Waals surface area (Å²) < 4.78 is 5.90. The van der Waals surface area contributed by atoms with Crippen molar-refractivity contribution < 1.29 is 9.76 Å². The molecule has 0 fully saturated rings. The van der Waals surface area contributed by atoms with Gasteiger partial charge in [-0.2, -0.15) is 0 Å². The molecule has 0 saturated carbocycles. The summed E-state index contributed by atoms with van der Waals surface area (Å²) in [6, 6.07) is 25.1. The molecule has 4 heteroatoms. The summed E-state index contributed by atoms with van der Waals surface area (Å²) in [5.74, 6) is 0. The molecule has 3 aromatic rings. The van der Waals surface area contributed by atoms with Crippen molar-refractivity contribution in [3.63, 3.8) is 0 Å². The Balaban J connectivity index is 1.92. The second kappa shape index (κ2) is 8.67. The molecule has 0 aliphatic heterocycles. The number of nitrogens with zero attached hydrogens (tertiary/aromatic N) is 1. The molecule has 0 saturated heterocycles. The molecule has 0 spiro atoms. The van der Waals surface area contributed by atoms with Crippen molar-refractivity contribution in [2.24, 2.45) is 0 Å². The summed E-state index contributed by atoms with van der Waals surface area (Å²) >= 11 is 0. The van der Waals surface area contributed by atoms with Gasteiger partial charge >= 0.3 is 7.48 Å². The maximum absolute atomic E-state index is 10.3. The molecule has 0 bridgehead atoms. The van der Waals surface area contributed by atoms with Gasteiger partial charge in [-0.25, -0.2) is 0 Å². The normalized spacial score (nSPS) is 12.0. The maximum atomic E-state index is 10.3. The fourth-order valence-corrected chi connectivity index (χ4v) is 3.10. The highest BCUT2D eigenvalue weighted by atomic mass is 16.5. The molecule has 0 aliphatic rings. The van der Waals surface area contributed by atoms with Crippen LogP contribution in [-0.2, 0) is 4.65 Å². The summed E-state index contributed by atoms with van der Waals surface area (Å²) in [6.07, 6.45) is 0. The standard InChI is InChI=1S/C26H31BNO2/c1-19-11-7-9-13-23(19)28(24-14-10-8-12-20(24)2)22-17-15-21(16-18-22)27-30-26(5,6)25(3,4)29/h7-18,29H,1-6H3. The van der Waals surface area contributed by atoms with Gasteiger partial charge in [0.25, 0.3) is 0 Å². The number of aryl methyl sites for hydroxylation is 2. The molecule has 0 heterocycles. The third-order valence-corrected chi connectivity index (χ3v) is 5.83. The fraction of sp³-hybridized carbons (Fsp3) is 0.308. The largest absolute Gasteiger partial charge is 0.427 e. The van der Waals surface area contributed by atoms with E-state index in [9.17, 15) is 5.11 Å². The van der Waals surface area contributed by atoms with Gasteiger partial charge in [0.15, 0.2) is 0 Å². The van der Waals surface area contributed by atoms with Gasteiger partial charge in [-0.15, -0.1) is 0 Å². The zero-order valence-electron chi connectivity index (χ0n) is 18.8. The third-order valence-electron chi connectivity index (χ3n) is 5.83. The number of rotatable bonds is 7. The summed E-state index contributed by atoms with van der Waals surface area (Å²) in [6.45, 7) is 11.6. The molecule has 155 valence electrons. The van der Waals surface area contributed by atoms with E-state index in [4.69, 9.17) is 4.65 Å². The van der Waals surface area contributed by atoms with Gasteiger partial charge in [-0.3, -0.25) is 0 Å². The summed E-state index contributed by atoms with van der Waals surface area (Å²) in [4.78, 5) is 2.29. The van der Waals surface area contributed by atoms with Crippen LogP contribution in [0.4, 0.5) is 17.1 Å². The lowest BCUT2D eigenvalue weighted by molar-refractivity contribution is -0.0893. The van der Waals surface area contributed by atoms with E-state index in [-0.39, 0.29) is 0 Å². The Kier molecular flexibility index (Phi) is 6.40. The highest BCUT2D eigenvalue weighted by Crippen LogP contribution is 2.37.